The van der Waals surface area contributed by atoms with Gasteiger partial charge >= 0.3 is 0 Å². The van der Waals surface area contributed by atoms with Gasteiger partial charge in [0.1, 0.15) is 11.6 Å². The molecule has 2 aromatic rings. The normalized spacial score (nSPS) is 10.3. The number of anilines is 2. The van der Waals surface area contributed by atoms with Crippen molar-refractivity contribution in [3.05, 3.63) is 29.2 Å². The van der Waals surface area contributed by atoms with Crippen LogP contribution in [0.5, 0.6) is 0 Å². The van der Waals surface area contributed by atoms with Gasteiger partial charge < -0.3 is 10.6 Å². The quantitative estimate of drug-likeness (QED) is 0.853. The van der Waals surface area contributed by atoms with Crippen molar-refractivity contribution in [1.29, 1.82) is 0 Å². The van der Waals surface area contributed by atoms with E-state index in [4.69, 9.17) is 0 Å². The van der Waals surface area contributed by atoms with E-state index in [9.17, 15) is 4.79 Å². The number of aryl methyl sites for hydroxylation is 2. The van der Waals surface area contributed by atoms with Gasteiger partial charge in [-0.2, -0.15) is 0 Å². The Morgan fingerprint density at radius 2 is 2.25 bits per heavy atom. The van der Waals surface area contributed by atoms with Crippen LogP contribution in [-0.2, 0) is 11.2 Å². The monoisotopic (exact) mass is 291 g/mol. The highest BCUT2D eigenvalue weighted by Crippen LogP contribution is 2.10. The van der Waals surface area contributed by atoms with E-state index in [1.165, 1.54) is 11.3 Å². The fraction of sp³-hybridized carbons (Fsp3) is 0.385. The van der Waals surface area contributed by atoms with Gasteiger partial charge in [0.15, 0.2) is 5.13 Å². The molecule has 2 N–H and O–H groups in total. The highest BCUT2D eigenvalue weighted by Gasteiger charge is 2.06. The van der Waals surface area contributed by atoms with Crippen molar-refractivity contribution in [2.24, 2.45) is 0 Å². The van der Waals surface area contributed by atoms with Crippen molar-refractivity contribution >= 4 is 28.2 Å². The maximum absolute atomic E-state index is 11.7. The number of amides is 1. The van der Waals surface area contributed by atoms with Gasteiger partial charge in [0.25, 0.3) is 0 Å². The lowest BCUT2D eigenvalue weighted by molar-refractivity contribution is -0.114. The van der Waals surface area contributed by atoms with Crippen molar-refractivity contribution in [3.63, 3.8) is 0 Å². The van der Waals surface area contributed by atoms with Crippen molar-refractivity contribution in [1.82, 2.24) is 15.0 Å². The van der Waals surface area contributed by atoms with E-state index in [1.807, 2.05) is 18.4 Å². The van der Waals surface area contributed by atoms with E-state index in [-0.39, 0.29) is 12.5 Å². The third kappa shape index (κ3) is 4.27. The summed E-state index contributed by atoms with van der Waals surface area (Å²) in [6, 6.07) is 1.83. The summed E-state index contributed by atoms with van der Waals surface area (Å²) in [5.41, 5.74) is 0.895. The number of hydrogen-bond donors (Lipinski definition) is 2. The highest BCUT2D eigenvalue weighted by atomic mass is 32.1. The molecule has 0 atom stereocenters. The van der Waals surface area contributed by atoms with E-state index >= 15 is 0 Å². The molecule has 0 unspecified atom stereocenters. The number of aromatic nitrogens is 3. The van der Waals surface area contributed by atoms with Crippen LogP contribution in [0.15, 0.2) is 17.6 Å². The van der Waals surface area contributed by atoms with Crippen molar-refractivity contribution in [2.75, 3.05) is 17.2 Å². The summed E-state index contributed by atoms with van der Waals surface area (Å²) in [5.74, 6) is 1.33. The zero-order valence-electron chi connectivity index (χ0n) is 11.5. The number of nitrogens with one attached hydrogen (secondary N) is 2. The van der Waals surface area contributed by atoms with Gasteiger partial charge in [-0.05, 0) is 13.3 Å². The summed E-state index contributed by atoms with van der Waals surface area (Å²) >= 11 is 1.39. The van der Waals surface area contributed by atoms with E-state index in [2.05, 4.69) is 32.5 Å². The molecule has 106 valence electrons. The molecule has 0 saturated carbocycles. The number of rotatable bonds is 6. The maximum Gasteiger partial charge on any atom is 0.245 e. The van der Waals surface area contributed by atoms with Crippen LogP contribution in [0.3, 0.4) is 0 Å². The molecule has 0 spiro atoms. The predicted octanol–water partition coefficient (Wildman–Crippen LogP) is 2.24. The van der Waals surface area contributed by atoms with Crippen LogP contribution in [0.2, 0.25) is 0 Å². The molecule has 1 amide bonds. The fourth-order valence-corrected chi connectivity index (χ4v) is 2.22. The SMILES string of the molecule is CCCc1nc(C)cc(NCC(=O)Nc2nccs2)n1. The summed E-state index contributed by atoms with van der Waals surface area (Å²) in [7, 11) is 0. The molecule has 0 aliphatic heterocycles. The van der Waals surface area contributed by atoms with Crippen LogP contribution in [0.1, 0.15) is 24.9 Å². The Morgan fingerprint density at radius 3 is 2.95 bits per heavy atom. The lowest BCUT2D eigenvalue weighted by Gasteiger charge is -2.08. The van der Waals surface area contributed by atoms with E-state index in [1.54, 1.807) is 6.20 Å². The predicted molar refractivity (Wildman–Crippen MR) is 80.0 cm³/mol. The first kappa shape index (κ1) is 14.4. The van der Waals surface area contributed by atoms with Crippen LogP contribution in [0.25, 0.3) is 0 Å². The lowest BCUT2D eigenvalue weighted by Crippen LogP contribution is -2.22. The Labute approximate surface area is 121 Å². The topological polar surface area (TPSA) is 79.8 Å². The number of carbonyl (C=O) groups is 1. The second-order valence-electron chi connectivity index (χ2n) is 4.30. The van der Waals surface area contributed by atoms with Gasteiger partial charge in [-0.3, -0.25) is 4.79 Å². The smallest absolute Gasteiger partial charge is 0.245 e. The molecule has 2 aromatic heterocycles. The second kappa shape index (κ2) is 6.95. The Morgan fingerprint density at radius 1 is 1.40 bits per heavy atom. The minimum atomic E-state index is -0.145. The Bertz CT molecular complexity index is 570. The number of nitrogens with zero attached hydrogens (tertiary/aromatic N) is 3. The standard InChI is InChI=1S/C13H17N5OS/c1-3-4-10-16-9(2)7-11(17-10)15-8-12(19)18-13-14-5-6-20-13/h5-7H,3-4,8H2,1-2H3,(H,14,18,19)(H,15,16,17). The molecule has 0 aliphatic rings. The number of thiazole rings is 1. The Kier molecular flexibility index (Phi) is 5.00. The zero-order chi connectivity index (χ0) is 14.4. The molecule has 0 aliphatic carbocycles. The molecule has 0 radical (unpaired) electrons. The number of hydrogen-bond acceptors (Lipinski definition) is 6. The van der Waals surface area contributed by atoms with E-state index in [0.29, 0.717) is 10.9 Å². The third-order valence-electron chi connectivity index (χ3n) is 2.48. The average molecular weight is 291 g/mol. The van der Waals surface area contributed by atoms with Gasteiger partial charge in [0.2, 0.25) is 5.91 Å². The first-order valence-electron chi connectivity index (χ1n) is 6.45. The Hall–Kier alpha value is -2.02. The molecule has 6 nitrogen and oxygen atoms in total. The summed E-state index contributed by atoms with van der Waals surface area (Å²) < 4.78 is 0. The second-order valence-corrected chi connectivity index (χ2v) is 5.19. The molecule has 0 aromatic carbocycles. The molecule has 0 saturated heterocycles. The van der Waals surface area contributed by atoms with Gasteiger partial charge in [-0.15, -0.1) is 11.3 Å². The van der Waals surface area contributed by atoms with Gasteiger partial charge in [-0.1, -0.05) is 6.92 Å². The summed E-state index contributed by atoms with van der Waals surface area (Å²) in [6.45, 7) is 4.16. The van der Waals surface area contributed by atoms with Crippen molar-refractivity contribution < 1.29 is 4.79 Å². The minimum absolute atomic E-state index is 0.145. The van der Waals surface area contributed by atoms with Gasteiger partial charge in [0, 0.05) is 29.8 Å². The van der Waals surface area contributed by atoms with Gasteiger partial charge in [0.05, 0.1) is 6.54 Å². The fourth-order valence-electron chi connectivity index (χ4n) is 1.68. The lowest BCUT2D eigenvalue weighted by atomic mass is 10.3. The van der Waals surface area contributed by atoms with Gasteiger partial charge in [-0.25, -0.2) is 15.0 Å². The zero-order valence-corrected chi connectivity index (χ0v) is 12.3. The largest absolute Gasteiger partial charge is 0.361 e. The highest BCUT2D eigenvalue weighted by molar-refractivity contribution is 7.13. The van der Waals surface area contributed by atoms with Crippen molar-refractivity contribution in [3.8, 4) is 0 Å². The summed E-state index contributed by atoms with van der Waals surface area (Å²) in [6.07, 6.45) is 3.48. The van der Waals surface area contributed by atoms with E-state index < -0.39 is 0 Å². The van der Waals surface area contributed by atoms with Crippen LogP contribution in [-0.4, -0.2) is 27.4 Å². The first-order valence-corrected chi connectivity index (χ1v) is 7.33. The van der Waals surface area contributed by atoms with Crippen LogP contribution in [0.4, 0.5) is 10.9 Å². The minimum Gasteiger partial charge on any atom is -0.361 e. The maximum atomic E-state index is 11.7. The van der Waals surface area contributed by atoms with Crippen LogP contribution >= 0.6 is 11.3 Å². The third-order valence-corrected chi connectivity index (χ3v) is 3.17. The Balaban J connectivity index is 1.91. The molecular weight excluding hydrogens is 274 g/mol. The summed E-state index contributed by atoms with van der Waals surface area (Å²) in [5, 5.41) is 8.13. The molecule has 7 heteroatoms. The molecule has 0 bridgehead atoms. The molecule has 0 fully saturated rings. The molecule has 20 heavy (non-hydrogen) atoms. The molecule has 2 rings (SSSR count). The van der Waals surface area contributed by atoms with Crippen molar-refractivity contribution in [2.45, 2.75) is 26.7 Å². The van der Waals surface area contributed by atoms with E-state index in [0.717, 1.165) is 24.4 Å². The van der Waals surface area contributed by atoms with Crippen LogP contribution in [0, 0.1) is 6.92 Å². The van der Waals surface area contributed by atoms with Crippen LogP contribution < -0.4 is 10.6 Å². The number of carbonyl (C=O) groups excluding carboxylic acids is 1. The average Bonchev–Trinajstić information content (AvgIpc) is 2.89. The molecule has 2 heterocycles. The first-order chi connectivity index (χ1) is 9.67. The molecular formula is C13H17N5OS. The summed E-state index contributed by atoms with van der Waals surface area (Å²) in [4.78, 5) is 24.5.